The van der Waals surface area contributed by atoms with Crippen LogP contribution < -0.4 is 5.73 Å². The summed E-state index contributed by atoms with van der Waals surface area (Å²) in [6.45, 7) is 3.62. The molecule has 0 unspecified atom stereocenters. The van der Waals surface area contributed by atoms with E-state index in [1.165, 1.54) is 0 Å². The minimum absolute atomic E-state index is 0.0213. The zero-order valence-electron chi connectivity index (χ0n) is 11.7. The first-order chi connectivity index (χ1) is 9.76. The molecule has 0 bridgehead atoms. The summed E-state index contributed by atoms with van der Waals surface area (Å²) in [5.74, 6) is 0.810. The van der Waals surface area contributed by atoms with Crippen LogP contribution in [-0.2, 0) is 13.0 Å². The fourth-order valence-electron chi connectivity index (χ4n) is 2.19. The Bertz CT molecular complexity index is 549. The van der Waals surface area contributed by atoms with Crippen LogP contribution in [-0.4, -0.2) is 23.9 Å². The molecular weight excluding hydrogens is 252 g/mol. The van der Waals surface area contributed by atoms with Crippen molar-refractivity contribution in [2.24, 2.45) is 5.73 Å². The van der Waals surface area contributed by atoms with Crippen LogP contribution in [0.1, 0.15) is 28.6 Å². The van der Waals surface area contributed by atoms with Crippen molar-refractivity contribution >= 4 is 5.91 Å². The number of hydrogen-bond donors (Lipinski definition) is 1. The average Bonchev–Trinajstić information content (AvgIpc) is 2.98. The van der Waals surface area contributed by atoms with Gasteiger partial charge in [-0.25, -0.2) is 0 Å². The minimum Gasteiger partial charge on any atom is -0.467 e. The van der Waals surface area contributed by atoms with Crippen molar-refractivity contribution in [2.45, 2.75) is 19.9 Å². The summed E-state index contributed by atoms with van der Waals surface area (Å²) in [7, 11) is 0. The van der Waals surface area contributed by atoms with E-state index in [2.05, 4.69) is 0 Å². The third-order valence-electron chi connectivity index (χ3n) is 3.26. The molecule has 2 N–H and O–H groups in total. The van der Waals surface area contributed by atoms with E-state index in [1.54, 1.807) is 11.2 Å². The average molecular weight is 272 g/mol. The number of furan rings is 1. The molecule has 0 aliphatic heterocycles. The second-order valence-corrected chi connectivity index (χ2v) is 4.59. The highest BCUT2D eigenvalue weighted by Gasteiger charge is 2.18. The lowest BCUT2D eigenvalue weighted by atomic mass is 10.0. The monoisotopic (exact) mass is 272 g/mol. The maximum absolute atomic E-state index is 12.6. The molecular formula is C16H20N2O2. The fourth-order valence-corrected chi connectivity index (χ4v) is 2.19. The van der Waals surface area contributed by atoms with Crippen molar-refractivity contribution < 1.29 is 9.21 Å². The van der Waals surface area contributed by atoms with Crippen molar-refractivity contribution in [3.63, 3.8) is 0 Å². The molecule has 0 spiro atoms. The predicted octanol–water partition coefficient (Wildman–Crippen LogP) is 2.44. The quantitative estimate of drug-likeness (QED) is 0.878. The van der Waals surface area contributed by atoms with E-state index in [9.17, 15) is 4.79 Å². The lowest BCUT2D eigenvalue weighted by Gasteiger charge is -2.21. The molecule has 0 saturated carbocycles. The van der Waals surface area contributed by atoms with Gasteiger partial charge in [0, 0.05) is 12.1 Å². The summed E-state index contributed by atoms with van der Waals surface area (Å²) in [6, 6.07) is 11.3. The summed E-state index contributed by atoms with van der Waals surface area (Å²) in [6.07, 6.45) is 2.33. The van der Waals surface area contributed by atoms with E-state index >= 15 is 0 Å². The molecule has 2 aromatic rings. The van der Waals surface area contributed by atoms with Gasteiger partial charge in [0.1, 0.15) is 5.76 Å². The Labute approximate surface area is 119 Å². The number of rotatable bonds is 6. The van der Waals surface area contributed by atoms with Crippen LogP contribution in [0.15, 0.2) is 47.1 Å². The molecule has 0 aliphatic carbocycles. The van der Waals surface area contributed by atoms with Gasteiger partial charge in [-0.05, 0) is 43.7 Å². The van der Waals surface area contributed by atoms with Gasteiger partial charge < -0.3 is 15.1 Å². The highest BCUT2D eigenvalue weighted by Crippen LogP contribution is 2.15. The smallest absolute Gasteiger partial charge is 0.254 e. The summed E-state index contributed by atoms with van der Waals surface area (Å²) < 4.78 is 5.32. The Hall–Kier alpha value is -2.07. The highest BCUT2D eigenvalue weighted by molar-refractivity contribution is 5.95. The van der Waals surface area contributed by atoms with E-state index in [0.717, 1.165) is 16.9 Å². The van der Waals surface area contributed by atoms with Gasteiger partial charge in [0.15, 0.2) is 0 Å². The standard InChI is InChI=1S/C16H20N2O2/c1-2-18(12-14-7-5-11-20-14)16(19)15-8-4-3-6-13(15)9-10-17/h3-8,11H,2,9-10,12,17H2,1H3. The van der Waals surface area contributed by atoms with Gasteiger partial charge >= 0.3 is 0 Å². The Balaban J connectivity index is 2.20. The Morgan fingerprint density at radius 1 is 1.25 bits per heavy atom. The van der Waals surface area contributed by atoms with Gasteiger partial charge in [-0.1, -0.05) is 18.2 Å². The molecule has 1 heterocycles. The molecule has 4 heteroatoms. The molecule has 1 aromatic heterocycles. The first-order valence-corrected chi connectivity index (χ1v) is 6.86. The molecule has 2 rings (SSSR count). The molecule has 1 aromatic carbocycles. The van der Waals surface area contributed by atoms with E-state index in [-0.39, 0.29) is 5.91 Å². The second kappa shape index (κ2) is 6.91. The maximum atomic E-state index is 12.6. The summed E-state index contributed by atoms with van der Waals surface area (Å²) in [5.41, 5.74) is 7.33. The lowest BCUT2D eigenvalue weighted by molar-refractivity contribution is 0.0740. The van der Waals surface area contributed by atoms with Crippen LogP contribution >= 0.6 is 0 Å². The topological polar surface area (TPSA) is 59.5 Å². The predicted molar refractivity (Wildman–Crippen MR) is 78.3 cm³/mol. The number of amides is 1. The van der Waals surface area contributed by atoms with Crippen LogP contribution in [0, 0.1) is 0 Å². The van der Waals surface area contributed by atoms with Crippen LogP contribution in [0.4, 0.5) is 0 Å². The van der Waals surface area contributed by atoms with Crippen LogP contribution in [0.2, 0.25) is 0 Å². The number of benzene rings is 1. The highest BCUT2D eigenvalue weighted by atomic mass is 16.3. The van der Waals surface area contributed by atoms with Crippen LogP contribution in [0.5, 0.6) is 0 Å². The molecule has 0 radical (unpaired) electrons. The molecule has 0 saturated heterocycles. The molecule has 1 amide bonds. The molecule has 0 fully saturated rings. The normalized spacial score (nSPS) is 10.5. The van der Waals surface area contributed by atoms with E-state index in [4.69, 9.17) is 10.2 Å². The Kier molecular flexibility index (Phi) is 4.96. The van der Waals surface area contributed by atoms with E-state index < -0.39 is 0 Å². The Morgan fingerprint density at radius 3 is 2.70 bits per heavy atom. The number of hydrogen-bond acceptors (Lipinski definition) is 3. The van der Waals surface area contributed by atoms with Crippen LogP contribution in [0.25, 0.3) is 0 Å². The van der Waals surface area contributed by atoms with Crippen molar-refractivity contribution in [1.29, 1.82) is 0 Å². The SMILES string of the molecule is CCN(Cc1ccco1)C(=O)c1ccccc1CCN. The van der Waals surface area contributed by atoms with Crippen LogP contribution in [0.3, 0.4) is 0 Å². The van der Waals surface area contributed by atoms with Crippen molar-refractivity contribution in [1.82, 2.24) is 4.90 Å². The third-order valence-corrected chi connectivity index (χ3v) is 3.26. The van der Waals surface area contributed by atoms with Crippen molar-refractivity contribution in [2.75, 3.05) is 13.1 Å². The van der Waals surface area contributed by atoms with Crippen molar-refractivity contribution in [3.05, 3.63) is 59.5 Å². The number of carbonyl (C=O) groups is 1. The van der Waals surface area contributed by atoms with Crippen molar-refractivity contribution in [3.8, 4) is 0 Å². The first-order valence-electron chi connectivity index (χ1n) is 6.86. The first kappa shape index (κ1) is 14.3. The zero-order chi connectivity index (χ0) is 14.4. The minimum atomic E-state index is 0.0213. The molecule has 0 aliphatic rings. The number of carbonyl (C=O) groups excluding carboxylic acids is 1. The Morgan fingerprint density at radius 2 is 2.05 bits per heavy atom. The molecule has 0 atom stereocenters. The fraction of sp³-hybridized carbons (Fsp3) is 0.312. The maximum Gasteiger partial charge on any atom is 0.254 e. The molecule has 106 valence electrons. The van der Waals surface area contributed by atoms with Gasteiger partial charge in [0.05, 0.1) is 12.8 Å². The van der Waals surface area contributed by atoms with E-state index in [0.29, 0.717) is 26.1 Å². The molecule has 20 heavy (non-hydrogen) atoms. The molecule has 4 nitrogen and oxygen atoms in total. The van der Waals surface area contributed by atoms with Gasteiger partial charge in [-0.15, -0.1) is 0 Å². The summed E-state index contributed by atoms with van der Waals surface area (Å²) in [5, 5.41) is 0. The van der Waals surface area contributed by atoms with Gasteiger partial charge in [-0.2, -0.15) is 0 Å². The number of nitrogens with two attached hydrogens (primary N) is 1. The third kappa shape index (κ3) is 3.27. The second-order valence-electron chi connectivity index (χ2n) is 4.59. The summed E-state index contributed by atoms with van der Waals surface area (Å²) in [4.78, 5) is 14.4. The van der Waals surface area contributed by atoms with E-state index in [1.807, 2.05) is 43.3 Å². The van der Waals surface area contributed by atoms with Gasteiger partial charge in [-0.3, -0.25) is 4.79 Å². The number of nitrogens with zero attached hydrogens (tertiary/aromatic N) is 1. The summed E-state index contributed by atoms with van der Waals surface area (Å²) >= 11 is 0. The zero-order valence-corrected chi connectivity index (χ0v) is 11.7. The van der Waals surface area contributed by atoms with Gasteiger partial charge in [0.25, 0.3) is 5.91 Å². The lowest BCUT2D eigenvalue weighted by Crippen LogP contribution is -2.31. The largest absolute Gasteiger partial charge is 0.467 e. The van der Waals surface area contributed by atoms with Gasteiger partial charge in [0.2, 0.25) is 0 Å².